The first-order valence-electron chi connectivity index (χ1n) is 8.57. The number of carbonyl (C=O) groups excluding carboxylic acids is 1. The Morgan fingerprint density at radius 3 is 2.52 bits per heavy atom. The molecule has 0 unspecified atom stereocenters. The summed E-state index contributed by atoms with van der Waals surface area (Å²) in [5, 5.41) is 10.1. The van der Waals surface area contributed by atoms with Crippen LogP contribution in [0.5, 0.6) is 0 Å². The lowest BCUT2D eigenvalue weighted by Crippen LogP contribution is -2.37. The van der Waals surface area contributed by atoms with Gasteiger partial charge in [-0.25, -0.2) is 4.39 Å². The number of amides is 1. The van der Waals surface area contributed by atoms with Gasteiger partial charge in [-0.05, 0) is 69.4 Å². The fraction of sp³-hybridized carbons (Fsp3) is 0.632. The molecular formula is C19H26FNO2. The highest BCUT2D eigenvalue weighted by Gasteiger charge is 2.35. The number of nitrogens with zero attached hydrogens (tertiary/aromatic N) is 1. The third kappa shape index (κ3) is 3.14. The van der Waals surface area contributed by atoms with Crippen LogP contribution >= 0.6 is 0 Å². The Morgan fingerprint density at radius 1 is 1.26 bits per heavy atom. The SMILES string of the molecule is Cc1ccc2c(c1F)C(=O)N(C[C@H]1CC[C@H](C(C)(C)O)CC1)C2. The van der Waals surface area contributed by atoms with E-state index in [-0.39, 0.29) is 17.3 Å². The normalized spacial score (nSPS) is 24.9. The lowest BCUT2D eigenvalue weighted by Gasteiger charge is -2.36. The molecule has 1 N–H and O–H groups in total. The molecule has 1 saturated carbocycles. The molecule has 1 aromatic carbocycles. The number of benzene rings is 1. The zero-order chi connectivity index (χ0) is 16.8. The van der Waals surface area contributed by atoms with Crippen LogP contribution in [0.1, 0.15) is 61.0 Å². The van der Waals surface area contributed by atoms with Crippen molar-refractivity contribution in [3.8, 4) is 0 Å². The predicted molar refractivity (Wildman–Crippen MR) is 87.6 cm³/mol. The van der Waals surface area contributed by atoms with Gasteiger partial charge in [0.1, 0.15) is 5.82 Å². The van der Waals surface area contributed by atoms with Crippen LogP contribution in [-0.2, 0) is 6.54 Å². The maximum absolute atomic E-state index is 14.2. The van der Waals surface area contributed by atoms with Gasteiger partial charge in [0.2, 0.25) is 0 Å². The largest absolute Gasteiger partial charge is 0.390 e. The van der Waals surface area contributed by atoms with Gasteiger partial charge in [0.15, 0.2) is 0 Å². The first kappa shape index (κ1) is 16.4. The van der Waals surface area contributed by atoms with Crippen molar-refractivity contribution in [2.45, 2.75) is 58.6 Å². The molecule has 1 aromatic rings. The lowest BCUT2D eigenvalue weighted by atomic mass is 9.75. The summed E-state index contributed by atoms with van der Waals surface area (Å²) < 4.78 is 14.2. The molecule has 23 heavy (non-hydrogen) atoms. The Morgan fingerprint density at radius 2 is 1.91 bits per heavy atom. The highest BCUT2D eigenvalue weighted by Crippen LogP contribution is 2.37. The quantitative estimate of drug-likeness (QED) is 0.923. The minimum atomic E-state index is -0.620. The van der Waals surface area contributed by atoms with E-state index < -0.39 is 5.60 Å². The van der Waals surface area contributed by atoms with E-state index in [0.29, 0.717) is 30.5 Å². The van der Waals surface area contributed by atoms with Crippen molar-refractivity contribution in [1.82, 2.24) is 4.90 Å². The van der Waals surface area contributed by atoms with E-state index in [4.69, 9.17) is 0 Å². The van der Waals surface area contributed by atoms with Crippen LogP contribution in [0, 0.1) is 24.6 Å². The van der Waals surface area contributed by atoms with Crippen LogP contribution < -0.4 is 0 Å². The van der Waals surface area contributed by atoms with Crippen molar-refractivity contribution >= 4 is 5.91 Å². The second kappa shape index (κ2) is 5.90. The maximum Gasteiger partial charge on any atom is 0.257 e. The fourth-order valence-corrected chi connectivity index (χ4v) is 4.03. The van der Waals surface area contributed by atoms with Crippen LogP contribution in [0.2, 0.25) is 0 Å². The molecule has 1 amide bonds. The second-order valence-corrected chi connectivity index (χ2v) is 7.79. The fourth-order valence-electron chi connectivity index (χ4n) is 4.03. The average Bonchev–Trinajstić information content (AvgIpc) is 2.80. The van der Waals surface area contributed by atoms with Crippen LogP contribution in [0.25, 0.3) is 0 Å². The van der Waals surface area contributed by atoms with Gasteiger partial charge >= 0.3 is 0 Å². The van der Waals surface area contributed by atoms with Gasteiger partial charge in [0.05, 0.1) is 11.2 Å². The van der Waals surface area contributed by atoms with Crippen molar-refractivity contribution in [3.63, 3.8) is 0 Å². The number of aryl methyl sites for hydroxylation is 1. The van der Waals surface area contributed by atoms with Crippen molar-refractivity contribution in [2.24, 2.45) is 11.8 Å². The van der Waals surface area contributed by atoms with E-state index in [2.05, 4.69) is 0 Å². The number of fused-ring (bicyclic) bond motifs is 1. The number of hydrogen-bond donors (Lipinski definition) is 1. The third-order valence-corrected chi connectivity index (χ3v) is 5.61. The lowest BCUT2D eigenvalue weighted by molar-refractivity contribution is -0.00801. The highest BCUT2D eigenvalue weighted by atomic mass is 19.1. The predicted octanol–water partition coefficient (Wildman–Crippen LogP) is 3.67. The number of carbonyl (C=O) groups is 1. The Hall–Kier alpha value is -1.42. The summed E-state index contributed by atoms with van der Waals surface area (Å²) in [5.74, 6) is 0.271. The van der Waals surface area contributed by atoms with Crippen molar-refractivity contribution in [2.75, 3.05) is 6.54 Å². The van der Waals surface area contributed by atoms with Crippen LogP contribution in [0.15, 0.2) is 12.1 Å². The Kier molecular flexibility index (Phi) is 4.21. The van der Waals surface area contributed by atoms with Gasteiger partial charge < -0.3 is 10.0 Å². The second-order valence-electron chi connectivity index (χ2n) is 7.79. The van der Waals surface area contributed by atoms with Gasteiger partial charge in [-0.2, -0.15) is 0 Å². The topological polar surface area (TPSA) is 40.5 Å². The highest BCUT2D eigenvalue weighted by molar-refractivity contribution is 5.98. The first-order valence-corrected chi connectivity index (χ1v) is 8.57. The van der Waals surface area contributed by atoms with Crippen LogP contribution in [-0.4, -0.2) is 28.1 Å². The summed E-state index contributed by atoms with van der Waals surface area (Å²) in [6, 6.07) is 3.62. The van der Waals surface area contributed by atoms with E-state index in [9.17, 15) is 14.3 Å². The molecule has 0 radical (unpaired) electrons. The molecule has 1 heterocycles. The summed E-state index contributed by atoms with van der Waals surface area (Å²) in [6.45, 7) is 6.68. The smallest absolute Gasteiger partial charge is 0.257 e. The minimum Gasteiger partial charge on any atom is -0.390 e. The molecule has 2 aliphatic rings. The summed E-state index contributed by atoms with van der Waals surface area (Å²) in [4.78, 5) is 14.3. The van der Waals surface area contributed by atoms with E-state index >= 15 is 0 Å². The van der Waals surface area contributed by atoms with E-state index in [1.807, 2.05) is 19.9 Å². The summed E-state index contributed by atoms with van der Waals surface area (Å²) in [5.41, 5.74) is 0.994. The molecule has 0 saturated heterocycles. The number of hydrogen-bond acceptors (Lipinski definition) is 2. The molecule has 3 rings (SSSR count). The monoisotopic (exact) mass is 319 g/mol. The van der Waals surface area contributed by atoms with Crippen molar-refractivity contribution < 1.29 is 14.3 Å². The van der Waals surface area contributed by atoms with Gasteiger partial charge in [0, 0.05) is 13.1 Å². The molecule has 4 heteroatoms. The molecule has 0 spiro atoms. The van der Waals surface area contributed by atoms with Gasteiger partial charge in [0.25, 0.3) is 5.91 Å². The minimum absolute atomic E-state index is 0.161. The Labute approximate surface area is 137 Å². The molecule has 1 aliphatic heterocycles. The van der Waals surface area contributed by atoms with E-state index in [1.54, 1.807) is 17.9 Å². The molecule has 126 valence electrons. The summed E-state index contributed by atoms with van der Waals surface area (Å²) in [7, 11) is 0. The third-order valence-electron chi connectivity index (χ3n) is 5.61. The summed E-state index contributed by atoms with van der Waals surface area (Å²) >= 11 is 0. The Bertz CT molecular complexity index is 613. The molecule has 1 fully saturated rings. The van der Waals surface area contributed by atoms with Gasteiger partial charge in [-0.3, -0.25) is 4.79 Å². The van der Waals surface area contributed by atoms with Gasteiger partial charge in [-0.15, -0.1) is 0 Å². The number of aliphatic hydroxyl groups is 1. The average molecular weight is 319 g/mol. The Balaban J connectivity index is 1.63. The van der Waals surface area contributed by atoms with Crippen LogP contribution in [0.4, 0.5) is 4.39 Å². The van der Waals surface area contributed by atoms with Crippen LogP contribution in [0.3, 0.4) is 0 Å². The molecule has 1 aliphatic carbocycles. The zero-order valence-corrected chi connectivity index (χ0v) is 14.2. The van der Waals surface area contributed by atoms with E-state index in [0.717, 1.165) is 31.2 Å². The van der Waals surface area contributed by atoms with Crippen molar-refractivity contribution in [1.29, 1.82) is 0 Å². The molecule has 0 aromatic heterocycles. The standard InChI is InChI=1S/C19H26FNO2/c1-12-4-7-14-11-21(18(22)16(14)17(12)20)10-13-5-8-15(9-6-13)19(2,3)23/h4,7,13,15,23H,5-6,8-11H2,1-3H3/t13-,15-. The molecular weight excluding hydrogens is 293 g/mol. The van der Waals surface area contributed by atoms with Gasteiger partial charge in [-0.1, -0.05) is 12.1 Å². The first-order chi connectivity index (χ1) is 10.8. The summed E-state index contributed by atoms with van der Waals surface area (Å²) in [6.07, 6.45) is 4.04. The van der Waals surface area contributed by atoms with E-state index in [1.165, 1.54) is 0 Å². The zero-order valence-electron chi connectivity index (χ0n) is 14.2. The number of halogens is 1. The molecule has 0 atom stereocenters. The molecule has 3 nitrogen and oxygen atoms in total. The van der Waals surface area contributed by atoms with Crippen molar-refractivity contribution in [3.05, 3.63) is 34.6 Å². The molecule has 0 bridgehead atoms. The maximum atomic E-state index is 14.2. The number of rotatable bonds is 3.